The Hall–Kier alpha value is -2.52. The number of hydrogen-bond donors (Lipinski definition) is 5. The minimum atomic E-state index is -1.80. The molecule has 0 radical (unpaired) electrons. The van der Waals surface area contributed by atoms with E-state index >= 15 is 8.78 Å². The Morgan fingerprint density at radius 1 is 1.26 bits per heavy atom. The zero-order valence-corrected chi connectivity index (χ0v) is 22.4. The van der Waals surface area contributed by atoms with Crippen LogP contribution in [0.4, 0.5) is 13.6 Å². The van der Waals surface area contributed by atoms with Crippen LogP contribution in [0.5, 0.6) is 0 Å². The first kappa shape index (κ1) is 29.5. The molecular weight excluding hydrogens is 555 g/mol. The van der Waals surface area contributed by atoms with E-state index in [2.05, 4.69) is 16.7 Å². The molecule has 5 atom stereocenters. The largest absolute Gasteiger partial charge is 0.430 e. The number of halogens is 4. The third kappa shape index (κ3) is 5.85. The van der Waals surface area contributed by atoms with Gasteiger partial charge in [0.15, 0.2) is 6.23 Å². The average molecular weight is 584 g/mol. The molecule has 39 heavy (non-hydrogen) atoms. The molecule has 4 rings (SSSR count). The predicted octanol–water partition coefficient (Wildman–Crippen LogP) is 3.75. The Labute approximate surface area is 234 Å². The molecule has 1 aliphatic heterocycles. The monoisotopic (exact) mass is 583 g/mol. The maximum atomic E-state index is 15.6. The van der Waals surface area contributed by atoms with Crippen LogP contribution in [-0.2, 0) is 10.2 Å². The number of aliphatic hydroxyl groups is 3. The van der Waals surface area contributed by atoms with Crippen molar-refractivity contribution in [1.29, 1.82) is 5.26 Å². The number of hydrogen-bond acceptors (Lipinski definition) is 7. The van der Waals surface area contributed by atoms with Gasteiger partial charge in [-0.2, -0.15) is 5.26 Å². The summed E-state index contributed by atoms with van der Waals surface area (Å²) >= 11 is 12.1. The molecule has 0 aromatic heterocycles. The quantitative estimate of drug-likeness (QED) is 0.287. The minimum absolute atomic E-state index is 0.0320. The number of rotatable bonds is 10. The van der Waals surface area contributed by atoms with Crippen LogP contribution in [0.2, 0.25) is 10.0 Å². The highest BCUT2D eigenvalue weighted by Gasteiger charge is 2.62. The van der Waals surface area contributed by atoms with Crippen LogP contribution in [0.1, 0.15) is 42.7 Å². The van der Waals surface area contributed by atoms with Crippen molar-refractivity contribution in [3.8, 4) is 6.07 Å². The molecule has 5 N–H and O–H groups in total. The summed E-state index contributed by atoms with van der Waals surface area (Å²) in [6.45, 7) is -0.677. The van der Waals surface area contributed by atoms with Crippen molar-refractivity contribution in [2.75, 3.05) is 19.8 Å². The first-order valence-corrected chi connectivity index (χ1v) is 13.3. The van der Waals surface area contributed by atoms with E-state index in [0.29, 0.717) is 12.8 Å². The summed E-state index contributed by atoms with van der Waals surface area (Å²) in [4.78, 5) is 12.8. The molecule has 0 spiro atoms. The third-order valence-corrected chi connectivity index (χ3v) is 8.24. The van der Waals surface area contributed by atoms with E-state index in [0.717, 1.165) is 6.07 Å². The fourth-order valence-electron chi connectivity index (χ4n) is 5.39. The average Bonchev–Trinajstić information content (AvgIpc) is 3.62. The Morgan fingerprint density at radius 2 is 2.00 bits per heavy atom. The van der Waals surface area contributed by atoms with Crippen molar-refractivity contribution < 1.29 is 33.6 Å². The molecule has 2 aromatic rings. The highest BCUT2D eigenvalue weighted by Crippen LogP contribution is 2.57. The van der Waals surface area contributed by atoms with Crippen molar-refractivity contribution in [3.63, 3.8) is 0 Å². The lowest BCUT2D eigenvalue weighted by atomic mass is 9.64. The number of benzene rings is 2. The molecule has 0 bridgehead atoms. The van der Waals surface area contributed by atoms with Crippen LogP contribution in [0.3, 0.4) is 0 Å². The lowest BCUT2D eigenvalue weighted by Crippen LogP contribution is -2.44. The van der Waals surface area contributed by atoms with Crippen molar-refractivity contribution in [2.24, 2.45) is 5.41 Å². The van der Waals surface area contributed by atoms with Gasteiger partial charge in [0.25, 0.3) is 0 Å². The second kappa shape index (κ2) is 11.9. The summed E-state index contributed by atoms with van der Waals surface area (Å²) < 4.78 is 36.8. The SMILES string of the molecule is N#C[C@]1(c2ccc(Cl)cc2F)[C@H](CC2(CO)CC2)N[C@H](OC(=O)NCC[C@H](O)CO)[C@@H]1c1cccc(Cl)c1F. The Bertz CT molecular complexity index is 1260. The number of alkyl carbamates (subject to hydrolysis) is 1. The van der Waals surface area contributed by atoms with Crippen LogP contribution in [0, 0.1) is 28.4 Å². The zero-order chi connectivity index (χ0) is 28.4. The molecule has 1 amide bonds. The van der Waals surface area contributed by atoms with Crippen molar-refractivity contribution in [2.45, 2.75) is 55.4 Å². The van der Waals surface area contributed by atoms with Gasteiger partial charge in [0.2, 0.25) is 0 Å². The van der Waals surface area contributed by atoms with Gasteiger partial charge in [0.1, 0.15) is 17.0 Å². The summed E-state index contributed by atoms with van der Waals surface area (Å²) in [5.74, 6) is -2.89. The van der Waals surface area contributed by atoms with Crippen LogP contribution in [-0.4, -0.2) is 59.5 Å². The van der Waals surface area contributed by atoms with E-state index in [9.17, 15) is 20.3 Å². The van der Waals surface area contributed by atoms with E-state index in [1.54, 1.807) is 0 Å². The van der Waals surface area contributed by atoms with Crippen LogP contribution in [0.15, 0.2) is 36.4 Å². The summed E-state index contributed by atoms with van der Waals surface area (Å²) in [7, 11) is 0. The van der Waals surface area contributed by atoms with E-state index < -0.39 is 59.5 Å². The zero-order valence-electron chi connectivity index (χ0n) is 20.8. The number of amides is 1. The summed E-state index contributed by atoms with van der Waals surface area (Å²) in [6.07, 6.45) is -1.64. The van der Waals surface area contributed by atoms with Gasteiger partial charge in [-0.05, 0) is 54.9 Å². The van der Waals surface area contributed by atoms with Gasteiger partial charge in [-0.15, -0.1) is 0 Å². The van der Waals surface area contributed by atoms with E-state index in [1.807, 2.05) is 0 Å². The maximum absolute atomic E-state index is 15.6. The lowest BCUT2D eigenvalue weighted by molar-refractivity contribution is 0.0682. The molecule has 210 valence electrons. The van der Waals surface area contributed by atoms with Gasteiger partial charge in [0, 0.05) is 29.8 Å². The number of aliphatic hydroxyl groups excluding tert-OH is 3. The van der Waals surface area contributed by atoms with E-state index in [1.165, 1.54) is 30.3 Å². The number of nitrogens with one attached hydrogen (secondary N) is 2. The van der Waals surface area contributed by atoms with Crippen LogP contribution < -0.4 is 10.6 Å². The lowest BCUT2D eigenvalue weighted by Gasteiger charge is -2.36. The molecule has 8 nitrogen and oxygen atoms in total. The molecule has 2 aromatic carbocycles. The Morgan fingerprint density at radius 3 is 2.62 bits per heavy atom. The number of nitrogens with zero attached hydrogens (tertiary/aromatic N) is 1. The topological polar surface area (TPSA) is 135 Å². The standard InChI is InChI=1S/C27H29Cl2F2N3O5/c28-15-4-5-18(20(30)10-15)27(13-32)21(11-26(14-36)7-8-26)34-24(39-25(38)33-9-6-16(37)12-35)22(27)17-2-1-3-19(29)23(17)31/h1-5,10,16,21-22,24,34-37H,6-9,11-12,14H2,(H,33,38)/t16-,21-,22-,24+,27-/m0/s1. The van der Waals surface area contributed by atoms with Gasteiger partial charge >= 0.3 is 6.09 Å². The highest BCUT2D eigenvalue weighted by molar-refractivity contribution is 6.31. The molecule has 2 fully saturated rings. The van der Waals surface area contributed by atoms with Crippen LogP contribution in [0.25, 0.3) is 0 Å². The van der Waals surface area contributed by atoms with Crippen molar-refractivity contribution >= 4 is 29.3 Å². The third-order valence-electron chi connectivity index (χ3n) is 7.71. The summed E-state index contributed by atoms with van der Waals surface area (Å²) in [5, 5.41) is 44.8. The highest BCUT2D eigenvalue weighted by atomic mass is 35.5. The first-order valence-electron chi connectivity index (χ1n) is 12.5. The molecule has 12 heteroatoms. The minimum Gasteiger partial charge on any atom is -0.430 e. The Kier molecular flexibility index (Phi) is 9.01. The molecular formula is C27H29Cl2F2N3O5. The second-order valence-corrected chi connectivity index (χ2v) is 11.0. The first-order chi connectivity index (χ1) is 18.6. The molecule has 0 unspecified atom stereocenters. The number of carbonyl (C=O) groups excluding carboxylic acids is 1. The molecule has 1 aliphatic carbocycles. The van der Waals surface area contributed by atoms with Gasteiger partial charge in [-0.1, -0.05) is 41.4 Å². The second-order valence-electron chi connectivity index (χ2n) is 10.2. The number of nitriles is 1. The van der Waals surface area contributed by atoms with Crippen LogP contribution >= 0.6 is 23.2 Å². The van der Waals surface area contributed by atoms with Crippen molar-refractivity contribution in [1.82, 2.24) is 10.6 Å². The van der Waals surface area contributed by atoms with Gasteiger partial charge in [-0.3, -0.25) is 5.32 Å². The predicted molar refractivity (Wildman–Crippen MR) is 139 cm³/mol. The molecule has 2 aliphatic rings. The Balaban J connectivity index is 1.82. The number of ether oxygens (including phenoxy) is 1. The summed E-state index contributed by atoms with van der Waals surface area (Å²) in [6, 6.07) is 9.43. The molecule has 1 heterocycles. The maximum Gasteiger partial charge on any atom is 0.408 e. The van der Waals surface area contributed by atoms with Gasteiger partial charge in [-0.25, -0.2) is 13.6 Å². The van der Waals surface area contributed by atoms with Gasteiger partial charge in [0.05, 0.1) is 29.7 Å². The molecule has 1 saturated carbocycles. The van der Waals surface area contributed by atoms with E-state index in [-0.39, 0.29) is 47.2 Å². The fourth-order valence-corrected chi connectivity index (χ4v) is 5.73. The fraction of sp³-hybridized carbons (Fsp3) is 0.481. The number of carbonyl (C=O) groups is 1. The van der Waals surface area contributed by atoms with E-state index in [4.69, 9.17) is 33.0 Å². The summed E-state index contributed by atoms with van der Waals surface area (Å²) in [5.41, 5.74) is -2.45. The normalized spacial score (nSPS) is 26.1. The smallest absolute Gasteiger partial charge is 0.408 e. The molecule has 1 saturated heterocycles. The van der Waals surface area contributed by atoms with Gasteiger partial charge < -0.3 is 25.4 Å². The van der Waals surface area contributed by atoms with Crippen molar-refractivity contribution in [3.05, 3.63) is 69.2 Å².